The third-order valence-corrected chi connectivity index (χ3v) is 5.03. The van der Waals surface area contributed by atoms with Crippen molar-refractivity contribution in [2.45, 2.75) is 82.4 Å². The Labute approximate surface area is 195 Å². The summed E-state index contributed by atoms with van der Waals surface area (Å²) in [4.78, 5) is 58.4. The van der Waals surface area contributed by atoms with Crippen molar-refractivity contribution in [2.24, 2.45) is 5.73 Å². The molecular formula is C19H32N4O11. The maximum Gasteiger partial charge on any atom is 0.303 e. The summed E-state index contributed by atoms with van der Waals surface area (Å²) in [5.74, 6) is -4.34. The van der Waals surface area contributed by atoms with Crippen molar-refractivity contribution in [2.75, 3.05) is 6.61 Å². The second-order valence-electron chi connectivity index (χ2n) is 7.83. The molecule has 34 heavy (non-hydrogen) atoms. The van der Waals surface area contributed by atoms with Crippen LogP contribution in [0, 0.1) is 0 Å². The van der Waals surface area contributed by atoms with Crippen LogP contribution in [0.2, 0.25) is 0 Å². The molecular weight excluding hydrogens is 460 g/mol. The van der Waals surface area contributed by atoms with Gasteiger partial charge in [-0.2, -0.15) is 0 Å². The summed E-state index contributed by atoms with van der Waals surface area (Å²) in [6.07, 6.45) is -7.74. The first-order chi connectivity index (χ1) is 15.8. The molecule has 0 aromatic heterocycles. The fourth-order valence-corrected chi connectivity index (χ4v) is 3.18. The van der Waals surface area contributed by atoms with E-state index in [1.807, 2.05) is 0 Å². The van der Waals surface area contributed by atoms with E-state index in [4.69, 9.17) is 20.3 Å². The summed E-state index contributed by atoms with van der Waals surface area (Å²) in [6, 6.07) is -3.71. The second-order valence-corrected chi connectivity index (χ2v) is 7.83. The van der Waals surface area contributed by atoms with Gasteiger partial charge in [-0.15, -0.1) is 0 Å². The molecule has 0 bridgehead atoms. The molecule has 0 spiro atoms. The van der Waals surface area contributed by atoms with Gasteiger partial charge in [-0.05, 0) is 20.3 Å². The number of carboxylic acids is 1. The minimum atomic E-state index is -1.65. The van der Waals surface area contributed by atoms with Gasteiger partial charge in [0.2, 0.25) is 23.6 Å². The number of nitrogens with two attached hydrogens (primary N) is 1. The summed E-state index contributed by atoms with van der Waals surface area (Å²) in [5, 5.41) is 45.5. The maximum atomic E-state index is 12.5. The summed E-state index contributed by atoms with van der Waals surface area (Å²) in [5.41, 5.74) is 5.16. The van der Waals surface area contributed by atoms with Gasteiger partial charge in [0.1, 0.15) is 42.5 Å². The highest BCUT2D eigenvalue weighted by atomic mass is 16.6. The number of carbonyl (C=O) groups excluding carboxylic acids is 4. The zero-order valence-corrected chi connectivity index (χ0v) is 19.0. The predicted octanol–water partition coefficient (Wildman–Crippen LogP) is -4.33. The molecule has 194 valence electrons. The largest absolute Gasteiger partial charge is 0.481 e. The van der Waals surface area contributed by atoms with E-state index in [9.17, 15) is 39.3 Å². The Balaban J connectivity index is 2.80. The van der Waals surface area contributed by atoms with Crippen LogP contribution in [0.1, 0.15) is 33.6 Å². The Morgan fingerprint density at radius 3 is 2.21 bits per heavy atom. The van der Waals surface area contributed by atoms with Crippen LogP contribution in [0.5, 0.6) is 0 Å². The van der Waals surface area contributed by atoms with E-state index in [0.29, 0.717) is 0 Å². The number of amides is 4. The molecule has 0 aliphatic carbocycles. The molecule has 9 N–H and O–H groups in total. The van der Waals surface area contributed by atoms with E-state index in [2.05, 4.69) is 16.0 Å². The molecule has 1 saturated heterocycles. The molecule has 1 rings (SSSR count). The van der Waals surface area contributed by atoms with E-state index >= 15 is 0 Å². The van der Waals surface area contributed by atoms with Crippen molar-refractivity contribution in [3.63, 3.8) is 0 Å². The zero-order valence-electron chi connectivity index (χ0n) is 19.0. The highest BCUT2D eigenvalue weighted by molar-refractivity contribution is 5.92. The van der Waals surface area contributed by atoms with E-state index < -0.39 is 91.5 Å². The highest BCUT2D eigenvalue weighted by Crippen LogP contribution is 2.23. The number of carboxylic acid groups (broad SMARTS) is 1. The van der Waals surface area contributed by atoms with Crippen LogP contribution in [0.15, 0.2) is 0 Å². The summed E-state index contributed by atoms with van der Waals surface area (Å²) in [6.45, 7) is 3.06. The number of aliphatic hydroxyl groups excluding tert-OH is 3. The third-order valence-electron chi connectivity index (χ3n) is 5.03. The van der Waals surface area contributed by atoms with E-state index in [0.717, 1.165) is 6.92 Å². The van der Waals surface area contributed by atoms with Crippen molar-refractivity contribution in [1.82, 2.24) is 16.0 Å². The number of primary amides is 1. The monoisotopic (exact) mass is 492 g/mol. The second kappa shape index (κ2) is 13.1. The molecule has 15 heteroatoms. The third kappa shape index (κ3) is 8.49. The van der Waals surface area contributed by atoms with Crippen LogP contribution in [-0.2, 0) is 33.4 Å². The van der Waals surface area contributed by atoms with Gasteiger partial charge in [0.05, 0.1) is 6.61 Å². The highest BCUT2D eigenvalue weighted by Gasteiger charge is 2.47. The number of hydrogen-bond acceptors (Lipinski definition) is 10. The molecule has 0 aromatic carbocycles. The van der Waals surface area contributed by atoms with E-state index in [1.165, 1.54) is 13.8 Å². The standard InChI is InChI=1S/C19H32N4O11/c1-7(17(30)23-10(16(20)29)4-5-12(26)27)21-18(31)8(2)33-15-13(22-9(3)25)19(32)34-11(6-24)14(15)28/h7-8,10-11,13-15,19,24,28,32H,4-6H2,1-3H3,(H2,20,29)(H,21,31)(H,22,25)(H,23,30)(H,26,27)/t7-,8-,10+,11+,13-,14+,15+,19-/m0/s1. The van der Waals surface area contributed by atoms with Crippen LogP contribution in [0.3, 0.4) is 0 Å². The molecule has 1 aliphatic rings. The quantitative estimate of drug-likeness (QED) is 0.129. The van der Waals surface area contributed by atoms with Gasteiger partial charge in [-0.1, -0.05) is 0 Å². The van der Waals surface area contributed by atoms with Crippen molar-refractivity contribution >= 4 is 29.6 Å². The lowest BCUT2D eigenvalue weighted by Crippen LogP contribution is -2.65. The Hall–Kier alpha value is -2.85. The molecule has 0 unspecified atom stereocenters. The molecule has 4 amide bonds. The number of rotatable bonds is 12. The normalized spacial score (nSPS) is 27.1. The minimum absolute atomic E-state index is 0.239. The number of carbonyl (C=O) groups is 5. The Bertz CT molecular complexity index is 765. The van der Waals surface area contributed by atoms with Gasteiger partial charge in [-0.3, -0.25) is 24.0 Å². The summed E-state index contributed by atoms with van der Waals surface area (Å²) in [7, 11) is 0. The SMILES string of the molecule is CC(=O)N[C@H]1[C@@H](O[C@@H](C)C(=O)N[C@@H](C)C(=O)N[C@H](CCC(=O)O)C(N)=O)[C@H](O)[C@@H](CO)O[C@@H]1O. The molecule has 15 nitrogen and oxygen atoms in total. The smallest absolute Gasteiger partial charge is 0.303 e. The topological polar surface area (TPSA) is 247 Å². The van der Waals surface area contributed by atoms with Crippen LogP contribution in [-0.4, -0.2) is 105 Å². The molecule has 8 atom stereocenters. The maximum absolute atomic E-state index is 12.5. The Morgan fingerprint density at radius 1 is 1.09 bits per heavy atom. The van der Waals surface area contributed by atoms with Gasteiger partial charge >= 0.3 is 5.97 Å². The van der Waals surface area contributed by atoms with Gasteiger partial charge in [-0.25, -0.2) is 0 Å². The van der Waals surface area contributed by atoms with Crippen molar-refractivity contribution in [3.05, 3.63) is 0 Å². The van der Waals surface area contributed by atoms with Gasteiger partial charge in [0.15, 0.2) is 6.29 Å². The van der Waals surface area contributed by atoms with E-state index in [1.54, 1.807) is 0 Å². The van der Waals surface area contributed by atoms with Crippen molar-refractivity contribution in [3.8, 4) is 0 Å². The lowest BCUT2D eigenvalue weighted by Gasteiger charge is -2.43. The number of aliphatic carboxylic acids is 1. The number of nitrogens with one attached hydrogen (secondary N) is 3. The van der Waals surface area contributed by atoms with E-state index in [-0.39, 0.29) is 6.42 Å². The molecule has 0 radical (unpaired) electrons. The number of ether oxygens (including phenoxy) is 2. The van der Waals surface area contributed by atoms with Crippen LogP contribution in [0.25, 0.3) is 0 Å². The lowest BCUT2D eigenvalue weighted by molar-refractivity contribution is -0.266. The molecule has 1 heterocycles. The summed E-state index contributed by atoms with van der Waals surface area (Å²) < 4.78 is 10.6. The first-order valence-electron chi connectivity index (χ1n) is 10.4. The van der Waals surface area contributed by atoms with Gasteiger partial charge in [0, 0.05) is 13.3 Å². The van der Waals surface area contributed by atoms with Gasteiger partial charge < -0.3 is 51.6 Å². The van der Waals surface area contributed by atoms with Crippen LogP contribution >= 0.6 is 0 Å². The molecule has 1 fully saturated rings. The lowest BCUT2D eigenvalue weighted by atomic mass is 9.96. The fourth-order valence-electron chi connectivity index (χ4n) is 3.18. The molecule has 0 aromatic rings. The van der Waals surface area contributed by atoms with Crippen molar-refractivity contribution < 1.29 is 53.9 Å². The first kappa shape index (κ1) is 29.2. The Kier molecular flexibility index (Phi) is 11.3. The van der Waals surface area contributed by atoms with Crippen LogP contribution < -0.4 is 21.7 Å². The average Bonchev–Trinajstić information content (AvgIpc) is 2.74. The molecule has 0 saturated carbocycles. The zero-order chi connectivity index (χ0) is 26.2. The number of hydrogen-bond donors (Lipinski definition) is 8. The average molecular weight is 492 g/mol. The van der Waals surface area contributed by atoms with Crippen LogP contribution in [0.4, 0.5) is 0 Å². The summed E-state index contributed by atoms with van der Waals surface area (Å²) >= 11 is 0. The van der Waals surface area contributed by atoms with Crippen molar-refractivity contribution in [1.29, 1.82) is 0 Å². The van der Waals surface area contributed by atoms with Gasteiger partial charge in [0.25, 0.3) is 0 Å². The minimum Gasteiger partial charge on any atom is -0.481 e. The Morgan fingerprint density at radius 2 is 1.71 bits per heavy atom. The fraction of sp³-hybridized carbons (Fsp3) is 0.737. The number of aliphatic hydroxyl groups is 3. The predicted molar refractivity (Wildman–Crippen MR) is 112 cm³/mol. The first-order valence-corrected chi connectivity index (χ1v) is 10.4. The molecule has 1 aliphatic heterocycles.